The molecule has 1 N–H and O–H groups in total. The number of carboxylic acid groups (broad SMARTS) is 2. The molecule has 0 aromatic heterocycles. The Labute approximate surface area is 103 Å². The zero-order valence-corrected chi connectivity index (χ0v) is 9.42. The topological polar surface area (TPSA) is 109 Å². The van der Waals surface area contributed by atoms with Gasteiger partial charge in [0, 0.05) is 11.5 Å². The van der Waals surface area contributed by atoms with Crippen LogP contribution in [0.2, 0.25) is 0 Å². The van der Waals surface area contributed by atoms with Crippen LogP contribution in [0.25, 0.3) is 0 Å². The third-order valence-corrected chi connectivity index (χ3v) is 2.26. The predicted octanol–water partition coefficient (Wildman–Crippen LogP) is -1.93. The third-order valence-electron chi connectivity index (χ3n) is 2.26. The zero-order chi connectivity index (χ0) is 13.5. The molecule has 6 nitrogen and oxygen atoms in total. The maximum Gasteiger partial charge on any atom is 0.251 e. The Kier molecular flexibility index (Phi) is 4.86. The number of amides is 1. The minimum absolute atomic E-state index is 0.275. The quantitative estimate of drug-likeness (QED) is 0.631. The molecule has 96 valence electrons. The van der Waals surface area contributed by atoms with Gasteiger partial charge in [0.05, 0.1) is 12.0 Å². The van der Waals surface area contributed by atoms with Crippen LogP contribution in [0.3, 0.4) is 0 Å². The molecule has 0 heterocycles. The molecule has 0 fully saturated rings. The van der Waals surface area contributed by atoms with Crippen LogP contribution in [-0.4, -0.2) is 23.9 Å². The first kappa shape index (κ1) is 13.7. The summed E-state index contributed by atoms with van der Waals surface area (Å²) in [7, 11) is 0. The highest BCUT2D eigenvalue weighted by atomic mass is 16.4. The molecule has 1 amide bonds. The van der Waals surface area contributed by atoms with Crippen molar-refractivity contribution in [1.82, 2.24) is 5.32 Å². The molecular weight excluding hydrogens is 238 g/mol. The van der Waals surface area contributed by atoms with Gasteiger partial charge in [-0.15, -0.1) is 0 Å². The van der Waals surface area contributed by atoms with Crippen LogP contribution in [0.15, 0.2) is 30.3 Å². The highest BCUT2D eigenvalue weighted by Crippen LogP contribution is 2.01. The van der Waals surface area contributed by atoms with E-state index in [1.165, 1.54) is 12.1 Å². The lowest BCUT2D eigenvalue weighted by Gasteiger charge is -2.19. The zero-order valence-electron chi connectivity index (χ0n) is 9.42. The standard InChI is InChI=1S/C12H13NO5/c14-10(15)7-6-9(12(17)18)13-11(16)8-4-2-1-3-5-8/h1-5,9H,6-7H2,(H,13,16)(H,14,15)(H,17,18)/p-2/t9-/m0/s1. The van der Waals surface area contributed by atoms with Crippen molar-refractivity contribution in [3.05, 3.63) is 35.9 Å². The molecule has 0 unspecified atom stereocenters. The van der Waals surface area contributed by atoms with Gasteiger partial charge in [-0.2, -0.15) is 0 Å². The van der Waals surface area contributed by atoms with Crippen LogP contribution in [0, 0.1) is 0 Å². The molecule has 0 spiro atoms. The molecule has 1 atom stereocenters. The normalized spacial score (nSPS) is 11.6. The predicted molar refractivity (Wildman–Crippen MR) is 56.9 cm³/mol. The molecule has 1 aromatic carbocycles. The van der Waals surface area contributed by atoms with Crippen LogP contribution < -0.4 is 15.5 Å². The number of hydrogen-bond donors (Lipinski definition) is 1. The number of benzene rings is 1. The highest BCUT2D eigenvalue weighted by Gasteiger charge is 2.14. The van der Waals surface area contributed by atoms with Gasteiger partial charge in [-0.25, -0.2) is 0 Å². The average Bonchev–Trinajstić information content (AvgIpc) is 2.34. The maximum atomic E-state index is 11.6. The molecule has 0 saturated carbocycles. The molecule has 0 saturated heterocycles. The minimum Gasteiger partial charge on any atom is -0.550 e. The Morgan fingerprint density at radius 3 is 2.22 bits per heavy atom. The van der Waals surface area contributed by atoms with Gasteiger partial charge in [-0.3, -0.25) is 4.79 Å². The summed E-state index contributed by atoms with van der Waals surface area (Å²) in [5.74, 6) is -3.50. The number of carbonyl (C=O) groups is 3. The monoisotopic (exact) mass is 249 g/mol. The number of carboxylic acids is 2. The van der Waals surface area contributed by atoms with E-state index < -0.39 is 30.3 Å². The van der Waals surface area contributed by atoms with Crippen molar-refractivity contribution in [2.45, 2.75) is 18.9 Å². The summed E-state index contributed by atoms with van der Waals surface area (Å²) in [4.78, 5) is 32.6. The lowest BCUT2D eigenvalue weighted by molar-refractivity contribution is -0.309. The van der Waals surface area contributed by atoms with E-state index in [1.54, 1.807) is 18.2 Å². The first-order chi connectivity index (χ1) is 8.50. The van der Waals surface area contributed by atoms with E-state index in [2.05, 4.69) is 5.32 Å². The number of aliphatic carboxylic acids is 2. The fraction of sp³-hybridized carbons (Fsp3) is 0.250. The largest absolute Gasteiger partial charge is 0.550 e. The summed E-state index contributed by atoms with van der Waals surface area (Å²) >= 11 is 0. The summed E-state index contributed by atoms with van der Waals surface area (Å²) in [6, 6.07) is 6.65. The van der Waals surface area contributed by atoms with Gasteiger partial charge in [0.15, 0.2) is 0 Å². The smallest absolute Gasteiger partial charge is 0.251 e. The SMILES string of the molecule is O=C([O-])CC[C@H](NC(=O)c1ccccc1)C(=O)[O-]. The van der Waals surface area contributed by atoms with Crippen LogP contribution in [0.1, 0.15) is 23.2 Å². The van der Waals surface area contributed by atoms with Crippen molar-refractivity contribution < 1.29 is 24.6 Å². The fourth-order valence-corrected chi connectivity index (χ4v) is 1.34. The van der Waals surface area contributed by atoms with E-state index in [-0.39, 0.29) is 12.0 Å². The van der Waals surface area contributed by atoms with E-state index in [1.807, 2.05) is 0 Å². The molecule has 18 heavy (non-hydrogen) atoms. The lowest BCUT2D eigenvalue weighted by Crippen LogP contribution is -2.48. The number of carbonyl (C=O) groups excluding carboxylic acids is 3. The van der Waals surface area contributed by atoms with Crippen LogP contribution in [0.4, 0.5) is 0 Å². The molecular formula is C12H11NO5-2. The van der Waals surface area contributed by atoms with Crippen molar-refractivity contribution in [1.29, 1.82) is 0 Å². The molecule has 0 aliphatic rings. The average molecular weight is 249 g/mol. The van der Waals surface area contributed by atoms with Crippen molar-refractivity contribution in [3.63, 3.8) is 0 Å². The Bertz CT molecular complexity index is 443. The summed E-state index contributed by atoms with van der Waals surface area (Å²) in [5.41, 5.74) is 0.289. The molecule has 0 bridgehead atoms. The van der Waals surface area contributed by atoms with Crippen molar-refractivity contribution in [2.75, 3.05) is 0 Å². The van der Waals surface area contributed by atoms with Crippen LogP contribution >= 0.6 is 0 Å². The Morgan fingerprint density at radius 2 is 1.72 bits per heavy atom. The Hall–Kier alpha value is -2.37. The van der Waals surface area contributed by atoms with E-state index in [0.717, 1.165) is 0 Å². The van der Waals surface area contributed by atoms with Crippen molar-refractivity contribution in [2.24, 2.45) is 0 Å². The van der Waals surface area contributed by atoms with E-state index >= 15 is 0 Å². The van der Waals surface area contributed by atoms with Gasteiger partial charge < -0.3 is 25.1 Å². The van der Waals surface area contributed by atoms with Gasteiger partial charge in [0.2, 0.25) is 0 Å². The Morgan fingerprint density at radius 1 is 1.11 bits per heavy atom. The molecule has 0 radical (unpaired) electrons. The first-order valence-electron chi connectivity index (χ1n) is 5.27. The number of nitrogens with one attached hydrogen (secondary N) is 1. The van der Waals surface area contributed by atoms with Gasteiger partial charge >= 0.3 is 0 Å². The lowest BCUT2D eigenvalue weighted by atomic mass is 10.1. The van der Waals surface area contributed by atoms with Crippen LogP contribution in [0.5, 0.6) is 0 Å². The molecule has 6 heteroatoms. The van der Waals surface area contributed by atoms with Gasteiger partial charge in [-0.05, 0) is 25.0 Å². The molecule has 0 aliphatic heterocycles. The van der Waals surface area contributed by atoms with E-state index in [9.17, 15) is 24.6 Å². The minimum atomic E-state index is -1.53. The second-order valence-electron chi connectivity index (χ2n) is 3.62. The van der Waals surface area contributed by atoms with Gasteiger partial charge in [-0.1, -0.05) is 18.2 Å². The fourth-order valence-electron chi connectivity index (χ4n) is 1.34. The first-order valence-corrected chi connectivity index (χ1v) is 5.27. The summed E-state index contributed by atoms with van der Waals surface area (Å²) in [6.45, 7) is 0. The molecule has 1 aromatic rings. The summed E-state index contributed by atoms with van der Waals surface area (Å²) < 4.78 is 0. The van der Waals surface area contributed by atoms with Gasteiger partial charge in [0.1, 0.15) is 0 Å². The highest BCUT2D eigenvalue weighted by molar-refractivity contribution is 5.96. The molecule has 0 aliphatic carbocycles. The second-order valence-corrected chi connectivity index (χ2v) is 3.62. The number of rotatable bonds is 6. The second kappa shape index (κ2) is 6.39. The van der Waals surface area contributed by atoms with Crippen LogP contribution in [-0.2, 0) is 9.59 Å². The van der Waals surface area contributed by atoms with E-state index in [4.69, 9.17) is 0 Å². The van der Waals surface area contributed by atoms with Crippen molar-refractivity contribution in [3.8, 4) is 0 Å². The molecule has 1 rings (SSSR count). The third kappa shape index (κ3) is 4.25. The number of hydrogen-bond acceptors (Lipinski definition) is 5. The van der Waals surface area contributed by atoms with Gasteiger partial charge in [0.25, 0.3) is 5.91 Å². The summed E-state index contributed by atoms with van der Waals surface area (Å²) in [6.07, 6.45) is -0.739. The van der Waals surface area contributed by atoms with Crippen molar-refractivity contribution >= 4 is 17.8 Å². The Balaban J connectivity index is 2.64. The summed E-state index contributed by atoms with van der Waals surface area (Å²) in [5, 5.41) is 23.2. The van der Waals surface area contributed by atoms with E-state index in [0.29, 0.717) is 0 Å². The maximum absolute atomic E-state index is 11.6.